The second-order valence-electron chi connectivity index (χ2n) is 5.31. The van der Waals surface area contributed by atoms with E-state index in [0.29, 0.717) is 24.7 Å². The van der Waals surface area contributed by atoms with Crippen molar-refractivity contribution >= 4 is 10.0 Å². The lowest BCUT2D eigenvalue weighted by atomic mass is 10.1. The summed E-state index contributed by atoms with van der Waals surface area (Å²) in [5, 5.41) is 3.24. The van der Waals surface area contributed by atoms with Crippen LogP contribution in [0, 0.1) is 0 Å². The molecule has 0 bridgehead atoms. The van der Waals surface area contributed by atoms with E-state index in [9.17, 15) is 8.42 Å². The van der Waals surface area contributed by atoms with Crippen molar-refractivity contribution in [3.8, 4) is 11.5 Å². The van der Waals surface area contributed by atoms with E-state index in [4.69, 9.17) is 9.47 Å². The lowest BCUT2D eigenvalue weighted by Crippen LogP contribution is -2.43. The van der Waals surface area contributed by atoms with Crippen LogP contribution in [0.25, 0.3) is 0 Å². The second kappa shape index (κ2) is 5.82. The standard InChI is InChI=1S/C14H20N2O4S/c1-16(11-4-6-15-7-5-11)21(17,18)12-2-3-13-14(10-12)20-9-8-19-13/h2-3,10-11,15H,4-9H2,1H3. The number of fused-ring (bicyclic) bond motifs is 1. The smallest absolute Gasteiger partial charge is 0.243 e. The molecule has 6 nitrogen and oxygen atoms in total. The normalized spacial score (nSPS) is 19.7. The van der Waals surface area contributed by atoms with Crippen LogP contribution in [-0.4, -0.2) is 52.1 Å². The highest BCUT2D eigenvalue weighted by molar-refractivity contribution is 7.89. The molecule has 1 aromatic rings. The van der Waals surface area contributed by atoms with Gasteiger partial charge in [0.25, 0.3) is 0 Å². The van der Waals surface area contributed by atoms with Crippen LogP contribution in [0.4, 0.5) is 0 Å². The number of ether oxygens (including phenoxy) is 2. The number of nitrogens with zero attached hydrogens (tertiary/aromatic N) is 1. The van der Waals surface area contributed by atoms with Gasteiger partial charge in [-0.3, -0.25) is 0 Å². The molecule has 0 unspecified atom stereocenters. The van der Waals surface area contributed by atoms with Gasteiger partial charge < -0.3 is 14.8 Å². The maximum atomic E-state index is 12.7. The van der Waals surface area contributed by atoms with E-state index in [1.165, 1.54) is 4.31 Å². The fourth-order valence-electron chi connectivity index (χ4n) is 2.72. The van der Waals surface area contributed by atoms with E-state index in [0.717, 1.165) is 25.9 Å². The summed E-state index contributed by atoms with van der Waals surface area (Å²) in [7, 11) is -1.85. The molecule has 116 valence electrons. The zero-order valence-corrected chi connectivity index (χ0v) is 12.9. The topological polar surface area (TPSA) is 67.9 Å². The molecule has 0 aliphatic carbocycles. The van der Waals surface area contributed by atoms with Gasteiger partial charge in [-0.1, -0.05) is 0 Å². The zero-order chi connectivity index (χ0) is 14.9. The van der Waals surface area contributed by atoms with E-state index in [1.807, 2.05) is 0 Å². The first-order chi connectivity index (χ1) is 10.1. The van der Waals surface area contributed by atoms with Crippen molar-refractivity contribution in [3.63, 3.8) is 0 Å². The first-order valence-electron chi connectivity index (χ1n) is 7.17. The maximum absolute atomic E-state index is 12.7. The maximum Gasteiger partial charge on any atom is 0.243 e. The van der Waals surface area contributed by atoms with Crippen LogP contribution in [-0.2, 0) is 10.0 Å². The Bertz CT molecular complexity index is 611. The molecule has 0 aromatic heterocycles. The summed E-state index contributed by atoms with van der Waals surface area (Å²) >= 11 is 0. The van der Waals surface area contributed by atoms with E-state index in [-0.39, 0.29) is 10.9 Å². The van der Waals surface area contributed by atoms with Crippen LogP contribution in [0.5, 0.6) is 11.5 Å². The highest BCUT2D eigenvalue weighted by atomic mass is 32.2. The monoisotopic (exact) mass is 312 g/mol. The van der Waals surface area contributed by atoms with Gasteiger partial charge in [0.15, 0.2) is 11.5 Å². The zero-order valence-electron chi connectivity index (χ0n) is 12.0. The van der Waals surface area contributed by atoms with Gasteiger partial charge in [0.2, 0.25) is 10.0 Å². The molecule has 0 spiro atoms. The van der Waals surface area contributed by atoms with Gasteiger partial charge in [-0.2, -0.15) is 4.31 Å². The third kappa shape index (κ3) is 2.86. The number of sulfonamides is 1. The average molecular weight is 312 g/mol. The molecule has 1 saturated heterocycles. The number of hydrogen-bond acceptors (Lipinski definition) is 5. The second-order valence-corrected chi connectivity index (χ2v) is 7.31. The summed E-state index contributed by atoms with van der Waals surface area (Å²) in [6.07, 6.45) is 1.67. The van der Waals surface area contributed by atoms with Gasteiger partial charge in [0, 0.05) is 19.2 Å². The van der Waals surface area contributed by atoms with Crippen LogP contribution in [0.3, 0.4) is 0 Å². The molecule has 1 fully saturated rings. The van der Waals surface area contributed by atoms with Gasteiger partial charge in [-0.25, -0.2) is 8.42 Å². The molecule has 0 amide bonds. The van der Waals surface area contributed by atoms with Gasteiger partial charge in [0.1, 0.15) is 13.2 Å². The van der Waals surface area contributed by atoms with Crippen LogP contribution in [0.1, 0.15) is 12.8 Å². The summed E-state index contributed by atoms with van der Waals surface area (Å²) in [4.78, 5) is 0.257. The summed E-state index contributed by atoms with van der Waals surface area (Å²) < 4.78 is 37.8. The van der Waals surface area contributed by atoms with Crippen molar-refractivity contribution in [3.05, 3.63) is 18.2 Å². The van der Waals surface area contributed by atoms with Gasteiger partial charge in [-0.15, -0.1) is 0 Å². The molecule has 2 aliphatic heterocycles. The van der Waals surface area contributed by atoms with Crippen molar-refractivity contribution in [2.24, 2.45) is 0 Å². The molecular formula is C14H20N2O4S. The largest absolute Gasteiger partial charge is 0.486 e. The summed E-state index contributed by atoms with van der Waals surface area (Å²) in [5.74, 6) is 1.10. The quantitative estimate of drug-likeness (QED) is 0.895. The van der Waals surface area contributed by atoms with Gasteiger partial charge >= 0.3 is 0 Å². The highest BCUT2D eigenvalue weighted by Crippen LogP contribution is 2.33. The third-order valence-electron chi connectivity index (χ3n) is 4.01. The van der Waals surface area contributed by atoms with E-state index < -0.39 is 10.0 Å². The molecule has 21 heavy (non-hydrogen) atoms. The Hall–Kier alpha value is -1.31. The minimum Gasteiger partial charge on any atom is -0.486 e. The first kappa shape index (κ1) is 14.6. The Morgan fingerprint density at radius 3 is 2.52 bits per heavy atom. The van der Waals surface area contributed by atoms with Crippen LogP contribution in [0.2, 0.25) is 0 Å². The lowest BCUT2D eigenvalue weighted by molar-refractivity contribution is 0.171. The molecule has 2 heterocycles. The molecule has 2 aliphatic rings. The number of nitrogens with one attached hydrogen (secondary N) is 1. The highest BCUT2D eigenvalue weighted by Gasteiger charge is 2.30. The fraction of sp³-hybridized carbons (Fsp3) is 0.571. The molecular weight excluding hydrogens is 292 g/mol. The number of piperidine rings is 1. The summed E-state index contributed by atoms with van der Waals surface area (Å²) in [6, 6.07) is 4.85. The van der Waals surface area contributed by atoms with Crippen LogP contribution in [0.15, 0.2) is 23.1 Å². The minimum absolute atomic E-state index is 0.0458. The molecule has 1 N–H and O–H groups in total. The number of hydrogen-bond donors (Lipinski definition) is 1. The Morgan fingerprint density at radius 1 is 1.14 bits per heavy atom. The molecule has 7 heteroatoms. The molecule has 0 atom stereocenters. The van der Waals surface area contributed by atoms with Crippen molar-refractivity contribution in [2.45, 2.75) is 23.8 Å². The minimum atomic E-state index is -3.50. The van der Waals surface area contributed by atoms with Crippen LogP contribution < -0.4 is 14.8 Å². The summed E-state index contributed by atoms with van der Waals surface area (Å²) in [5.41, 5.74) is 0. The van der Waals surface area contributed by atoms with Gasteiger partial charge in [0.05, 0.1) is 4.90 Å². The van der Waals surface area contributed by atoms with Crippen LogP contribution >= 0.6 is 0 Å². The van der Waals surface area contributed by atoms with E-state index in [2.05, 4.69) is 5.32 Å². The summed E-state index contributed by atoms with van der Waals surface area (Å²) in [6.45, 7) is 2.64. The van der Waals surface area contributed by atoms with E-state index >= 15 is 0 Å². The molecule has 0 saturated carbocycles. The predicted octanol–water partition coefficient (Wildman–Crippen LogP) is 0.830. The Morgan fingerprint density at radius 2 is 1.81 bits per heavy atom. The van der Waals surface area contributed by atoms with E-state index in [1.54, 1.807) is 25.2 Å². The predicted molar refractivity (Wildman–Crippen MR) is 78.3 cm³/mol. The number of benzene rings is 1. The Balaban J connectivity index is 1.86. The molecule has 0 radical (unpaired) electrons. The fourth-order valence-corrected chi connectivity index (χ4v) is 4.15. The third-order valence-corrected chi connectivity index (χ3v) is 5.92. The molecule has 3 rings (SSSR count). The first-order valence-corrected chi connectivity index (χ1v) is 8.61. The average Bonchev–Trinajstić information content (AvgIpc) is 2.54. The number of rotatable bonds is 3. The van der Waals surface area contributed by atoms with Crippen molar-refractivity contribution < 1.29 is 17.9 Å². The SMILES string of the molecule is CN(C1CCNCC1)S(=O)(=O)c1ccc2c(c1)OCCO2. The Labute approximate surface area is 125 Å². The Kier molecular flexibility index (Phi) is 4.05. The van der Waals surface area contributed by atoms with Gasteiger partial charge in [-0.05, 0) is 38.1 Å². The lowest BCUT2D eigenvalue weighted by Gasteiger charge is -2.31. The molecule has 1 aromatic carbocycles. The van der Waals surface area contributed by atoms with Crippen molar-refractivity contribution in [2.75, 3.05) is 33.4 Å². The van der Waals surface area contributed by atoms with Crippen molar-refractivity contribution in [1.82, 2.24) is 9.62 Å². The van der Waals surface area contributed by atoms with Crippen molar-refractivity contribution in [1.29, 1.82) is 0 Å².